The highest BCUT2D eigenvalue weighted by Crippen LogP contribution is 2.28. The molecule has 41 heavy (non-hydrogen) atoms. The van der Waals surface area contributed by atoms with E-state index in [2.05, 4.69) is 155 Å². The first-order valence-electron chi connectivity index (χ1n) is 13.8. The summed E-state index contributed by atoms with van der Waals surface area (Å²) in [7, 11) is 12.3. The molecule has 0 spiro atoms. The summed E-state index contributed by atoms with van der Waals surface area (Å²) in [6.07, 6.45) is 8.24. The number of hydrogen-bond donors (Lipinski definition) is 0. The van der Waals surface area contributed by atoms with E-state index in [0.29, 0.717) is 0 Å². The third-order valence-electron chi connectivity index (χ3n) is 6.92. The zero-order chi connectivity index (χ0) is 29.4. The fourth-order valence-electron chi connectivity index (χ4n) is 4.38. The molecule has 0 unspecified atom stereocenters. The predicted molar refractivity (Wildman–Crippen MR) is 182 cm³/mol. The molecule has 4 rings (SSSR count). The van der Waals surface area contributed by atoms with Crippen molar-refractivity contribution in [3.8, 4) is 0 Å². The predicted octanol–water partition coefficient (Wildman–Crippen LogP) is 8.45. The van der Waals surface area contributed by atoms with Gasteiger partial charge in [0.1, 0.15) is 0 Å². The summed E-state index contributed by atoms with van der Waals surface area (Å²) in [6.45, 7) is 3.88. The van der Waals surface area contributed by atoms with Gasteiger partial charge in [-0.25, -0.2) is 4.99 Å². The van der Waals surface area contributed by atoms with Crippen molar-refractivity contribution in [2.75, 3.05) is 57.0 Å². The Morgan fingerprint density at radius 3 is 1.39 bits per heavy atom. The van der Waals surface area contributed by atoms with Gasteiger partial charge in [0.25, 0.3) is 0 Å². The van der Waals surface area contributed by atoms with E-state index in [1.807, 2.05) is 30.3 Å². The molecule has 0 heterocycles. The normalized spacial score (nSPS) is 11.3. The van der Waals surface area contributed by atoms with Crippen LogP contribution in [0.3, 0.4) is 0 Å². The summed E-state index contributed by atoms with van der Waals surface area (Å²) >= 11 is 0. The molecule has 0 aliphatic heterocycles. The molecule has 0 bridgehead atoms. The standard InChI is InChI=1S/C37H40N4/c1-8-28-9-18-32(19-10-28)38-33(20-11-29-12-21-34(22-13-29)39(2)3)27-37(30-14-23-35(24-15-30)40(4)5)31-16-25-36(26-17-31)41(6)7/h8-27H,1H2,2-7H3. The minimum absolute atomic E-state index is 0.858. The Kier molecular flexibility index (Phi) is 9.60. The van der Waals surface area contributed by atoms with Gasteiger partial charge in [0.05, 0.1) is 11.4 Å². The third-order valence-corrected chi connectivity index (χ3v) is 6.92. The summed E-state index contributed by atoms with van der Waals surface area (Å²) in [4.78, 5) is 11.4. The highest BCUT2D eigenvalue weighted by molar-refractivity contribution is 6.13. The number of nitrogens with zero attached hydrogens (tertiary/aromatic N) is 4. The van der Waals surface area contributed by atoms with Crippen molar-refractivity contribution in [3.63, 3.8) is 0 Å². The molecule has 4 aromatic rings. The second-order valence-corrected chi connectivity index (χ2v) is 10.6. The first-order valence-corrected chi connectivity index (χ1v) is 13.8. The maximum absolute atomic E-state index is 5.07. The Morgan fingerprint density at radius 1 is 0.561 bits per heavy atom. The van der Waals surface area contributed by atoms with Crippen LogP contribution >= 0.6 is 0 Å². The molecule has 4 heteroatoms. The second kappa shape index (κ2) is 13.5. The number of aliphatic imine (C=N–C) groups is 1. The van der Waals surface area contributed by atoms with Crippen molar-refractivity contribution in [3.05, 3.63) is 138 Å². The molecule has 0 N–H and O–H groups in total. The Balaban J connectivity index is 1.83. The molecule has 4 nitrogen and oxygen atoms in total. The molecule has 208 valence electrons. The Morgan fingerprint density at radius 2 is 0.976 bits per heavy atom. The maximum Gasteiger partial charge on any atom is 0.0643 e. The Labute approximate surface area is 245 Å². The van der Waals surface area contributed by atoms with E-state index in [4.69, 9.17) is 4.99 Å². The van der Waals surface area contributed by atoms with E-state index >= 15 is 0 Å². The number of rotatable bonds is 10. The average Bonchev–Trinajstić information content (AvgIpc) is 2.99. The number of hydrogen-bond acceptors (Lipinski definition) is 4. The summed E-state index contributed by atoms with van der Waals surface area (Å²) in [5.74, 6) is 0. The first kappa shape index (κ1) is 29.2. The fourth-order valence-corrected chi connectivity index (χ4v) is 4.38. The Hall–Kier alpha value is -4.83. The van der Waals surface area contributed by atoms with Gasteiger partial charge < -0.3 is 14.7 Å². The van der Waals surface area contributed by atoms with Crippen molar-refractivity contribution in [2.24, 2.45) is 4.99 Å². The number of allylic oxidation sites excluding steroid dienone is 2. The monoisotopic (exact) mass is 540 g/mol. The minimum atomic E-state index is 0.858. The number of anilines is 3. The Bertz CT molecular complexity index is 1470. The molecule has 0 fully saturated rings. The van der Waals surface area contributed by atoms with Gasteiger partial charge in [0.2, 0.25) is 0 Å². The SMILES string of the molecule is C=Cc1ccc(N=C(C=Cc2ccc(N(C)C)cc2)C=C(c2ccc(N(C)C)cc2)c2ccc(N(C)C)cc2)cc1. The van der Waals surface area contributed by atoms with Crippen LogP contribution in [0.15, 0.2) is 121 Å². The average molecular weight is 541 g/mol. The topological polar surface area (TPSA) is 22.1 Å². The zero-order valence-corrected chi connectivity index (χ0v) is 25.0. The van der Waals surface area contributed by atoms with Gasteiger partial charge in [-0.05, 0) is 88.5 Å². The highest BCUT2D eigenvalue weighted by atomic mass is 15.1. The second-order valence-electron chi connectivity index (χ2n) is 10.6. The van der Waals surface area contributed by atoms with Gasteiger partial charge in [-0.15, -0.1) is 0 Å². The van der Waals surface area contributed by atoms with E-state index < -0.39 is 0 Å². The smallest absolute Gasteiger partial charge is 0.0643 e. The molecule has 0 amide bonds. The van der Waals surface area contributed by atoms with Gasteiger partial charge >= 0.3 is 0 Å². The van der Waals surface area contributed by atoms with E-state index in [9.17, 15) is 0 Å². The molecule has 0 aliphatic rings. The lowest BCUT2D eigenvalue weighted by Gasteiger charge is -2.16. The van der Waals surface area contributed by atoms with Crippen LogP contribution in [-0.4, -0.2) is 48.0 Å². The van der Waals surface area contributed by atoms with Crippen molar-refractivity contribution >= 4 is 46.2 Å². The van der Waals surface area contributed by atoms with Crippen LogP contribution in [0.1, 0.15) is 22.3 Å². The summed E-state index contributed by atoms with van der Waals surface area (Å²) in [5.41, 5.74) is 10.8. The van der Waals surface area contributed by atoms with Crippen LogP contribution < -0.4 is 14.7 Å². The quantitative estimate of drug-likeness (QED) is 0.188. The van der Waals surface area contributed by atoms with Crippen molar-refractivity contribution in [1.29, 1.82) is 0 Å². The molecule has 0 atom stereocenters. The highest BCUT2D eigenvalue weighted by Gasteiger charge is 2.09. The summed E-state index contributed by atoms with van der Waals surface area (Å²) in [5, 5.41) is 0. The van der Waals surface area contributed by atoms with Crippen LogP contribution in [0.4, 0.5) is 22.7 Å². The van der Waals surface area contributed by atoms with Crippen LogP contribution in [-0.2, 0) is 0 Å². The molecule has 0 saturated heterocycles. The van der Waals surface area contributed by atoms with Gasteiger partial charge in [-0.2, -0.15) is 0 Å². The number of benzene rings is 4. The fraction of sp³-hybridized carbons (Fsp3) is 0.162. The third kappa shape index (κ3) is 7.86. The van der Waals surface area contributed by atoms with Gasteiger partial charge in [0.15, 0.2) is 0 Å². The van der Waals surface area contributed by atoms with Crippen LogP contribution in [0.2, 0.25) is 0 Å². The van der Waals surface area contributed by atoms with Crippen LogP contribution in [0.5, 0.6) is 0 Å². The van der Waals surface area contributed by atoms with Gasteiger partial charge in [-0.1, -0.05) is 67.3 Å². The summed E-state index contributed by atoms with van der Waals surface area (Å²) < 4.78 is 0. The van der Waals surface area contributed by atoms with E-state index in [0.717, 1.165) is 50.6 Å². The van der Waals surface area contributed by atoms with Crippen molar-refractivity contribution in [2.45, 2.75) is 0 Å². The van der Waals surface area contributed by atoms with E-state index in [1.165, 1.54) is 5.69 Å². The molecular formula is C37H40N4. The zero-order valence-electron chi connectivity index (χ0n) is 25.0. The van der Waals surface area contributed by atoms with E-state index in [-0.39, 0.29) is 0 Å². The van der Waals surface area contributed by atoms with Crippen LogP contribution in [0, 0.1) is 0 Å². The maximum atomic E-state index is 5.07. The molecule has 0 aromatic heterocycles. The lowest BCUT2D eigenvalue weighted by atomic mass is 9.95. The molecule has 0 radical (unpaired) electrons. The van der Waals surface area contributed by atoms with Crippen molar-refractivity contribution in [1.82, 2.24) is 0 Å². The molecular weight excluding hydrogens is 500 g/mol. The lowest BCUT2D eigenvalue weighted by molar-refractivity contribution is 1.13. The first-order chi connectivity index (χ1) is 19.7. The van der Waals surface area contributed by atoms with Gasteiger partial charge in [-0.3, -0.25) is 0 Å². The largest absolute Gasteiger partial charge is 0.378 e. The van der Waals surface area contributed by atoms with Crippen LogP contribution in [0.25, 0.3) is 17.7 Å². The summed E-state index contributed by atoms with van der Waals surface area (Å²) in [6, 6.07) is 34.0. The molecule has 0 saturated carbocycles. The molecule has 4 aromatic carbocycles. The van der Waals surface area contributed by atoms with Crippen molar-refractivity contribution < 1.29 is 0 Å². The molecule has 0 aliphatic carbocycles. The van der Waals surface area contributed by atoms with Gasteiger partial charge in [0, 0.05) is 59.3 Å². The minimum Gasteiger partial charge on any atom is -0.378 e. The van der Waals surface area contributed by atoms with E-state index in [1.54, 1.807) is 0 Å². The lowest BCUT2D eigenvalue weighted by Crippen LogP contribution is -2.08.